The van der Waals surface area contributed by atoms with Gasteiger partial charge < -0.3 is 21.0 Å². The van der Waals surface area contributed by atoms with Gasteiger partial charge in [0.15, 0.2) is 29.3 Å². The van der Waals surface area contributed by atoms with Crippen molar-refractivity contribution < 1.29 is 28.9 Å². The van der Waals surface area contributed by atoms with Crippen LogP contribution in [0.5, 0.6) is 0 Å². The molecule has 13 heteroatoms. The van der Waals surface area contributed by atoms with E-state index in [2.05, 4.69) is 15.5 Å². The lowest BCUT2D eigenvalue weighted by Gasteiger charge is -2.49. The predicted molar refractivity (Wildman–Crippen MR) is 126 cm³/mol. The molecule has 2 atom stereocenters. The molecule has 1 saturated heterocycles. The van der Waals surface area contributed by atoms with Gasteiger partial charge in [-0.1, -0.05) is 5.16 Å². The maximum atomic E-state index is 13.0. The lowest BCUT2D eigenvalue weighted by atomic mass is 9.94. The number of aryl methyl sites for hydroxylation is 1. The Bertz CT molecular complexity index is 1240. The van der Waals surface area contributed by atoms with E-state index in [1.54, 1.807) is 5.38 Å². The first-order chi connectivity index (χ1) is 16.2. The fraction of sp³-hybridized carbons (Fsp3) is 0.333. The van der Waals surface area contributed by atoms with Crippen LogP contribution in [0.15, 0.2) is 39.5 Å². The van der Waals surface area contributed by atoms with Crippen molar-refractivity contribution in [3.63, 3.8) is 0 Å². The number of thioether (sulfide) groups is 1. The summed E-state index contributed by atoms with van der Waals surface area (Å²) < 4.78 is 1.96. The van der Waals surface area contributed by atoms with E-state index in [1.807, 2.05) is 36.7 Å². The number of allylic oxidation sites excluding steroid dienone is 1. The van der Waals surface area contributed by atoms with E-state index >= 15 is 0 Å². The number of anilines is 1. The number of hydrogen-bond acceptors (Lipinski definition) is 9. The highest BCUT2D eigenvalue weighted by molar-refractivity contribution is 8.03. The maximum Gasteiger partial charge on any atom is 0.353 e. The van der Waals surface area contributed by atoms with Crippen molar-refractivity contribution in [2.45, 2.75) is 32.5 Å². The van der Waals surface area contributed by atoms with Gasteiger partial charge in [-0.3, -0.25) is 14.5 Å². The topological polar surface area (TPSA) is 151 Å². The van der Waals surface area contributed by atoms with Gasteiger partial charge >= 0.3 is 5.97 Å². The molecule has 2 aliphatic heterocycles. The summed E-state index contributed by atoms with van der Waals surface area (Å²) in [6.45, 7) is 4.28. The summed E-state index contributed by atoms with van der Waals surface area (Å²) in [6, 6.07) is 2.50. The molecule has 2 amide bonds. The van der Waals surface area contributed by atoms with E-state index in [4.69, 9.17) is 10.6 Å². The fourth-order valence-electron chi connectivity index (χ4n) is 3.86. The Balaban J connectivity index is 1.55. The van der Waals surface area contributed by atoms with Crippen LogP contribution in [0, 0.1) is 13.8 Å². The van der Waals surface area contributed by atoms with Crippen LogP contribution in [0.25, 0.3) is 0 Å². The number of fused-ring (bicyclic) bond motifs is 1. The minimum absolute atomic E-state index is 0.0526. The molecule has 2 unspecified atom stereocenters. The number of nitrogens with zero attached hydrogens (tertiary/aromatic N) is 4. The second-order valence-electron chi connectivity index (χ2n) is 7.71. The highest BCUT2D eigenvalue weighted by Gasteiger charge is 2.54. The first-order valence-corrected chi connectivity index (χ1v) is 12.1. The number of rotatable bonds is 7. The van der Waals surface area contributed by atoms with Crippen LogP contribution in [0.4, 0.5) is 5.13 Å². The van der Waals surface area contributed by atoms with Crippen molar-refractivity contribution in [2.75, 3.05) is 18.6 Å². The number of nitrogens with two attached hydrogens (primary N) is 1. The maximum absolute atomic E-state index is 13.0. The van der Waals surface area contributed by atoms with Crippen molar-refractivity contribution in [3.05, 3.63) is 51.3 Å². The molecule has 4 heterocycles. The number of β-lactam (4-membered cyclic amide) rings is 1. The molecule has 34 heavy (non-hydrogen) atoms. The number of carbonyl (C=O) groups excluding carboxylic acids is 2. The van der Waals surface area contributed by atoms with E-state index in [9.17, 15) is 19.5 Å². The highest BCUT2D eigenvalue weighted by Crippen LogP contribution is 2.39. The normalized spacial score (nSPS) is 20.0. The molecule has 1 fully saturated rings. The van der Waals surface area contributed by atoms with E-state index in [0.29, 0.717) is 17.2 Å². The van der Waals surface area contributed by atoms with Crippen LogP contribution in [-0.4, -0.2) is 63.4 Å². The van der Waals surface area contributed by atoms with Crippen LogP contribution >= 0.6 is 23.1 Å². The van der Waals surface area contributed by atoms with Crippen LogP contribution < -0.4 is 15.6 Å². The zero-order valence-corrected chi connectivity index (χ0v) is 20.3. The van der Waals surface area contributed by atoms with Crippen molar-refractivity contribution in [2.24, 2.45) is 5.16 Å². The second kappa shape index (κ2) is 9.43. The van der Waals surface area contributed by atoms with E-state index in [-0.39, 0.29) is 22.2 Å². The molecule has 0 spiro atoms. The average Bonchev–Trinajstić information content (AvgIpc) is 3.23. The Morgan fingerprint density at radius 3 is 2.85 bits per heavy atom. The van der Waals surface area contributed by atoms with Crippen LogP contribution in [0.3, 0.4) is 0 Å². The fourth-order valence-corrected chi connectivity index (χ4v) is 5.67. The largest absolute Gasteiger partial charge is 0.477 e. The highest BCUT2D eigenvalue weighted by atomic mass is 32.2. The molecule has 178 valence electrons. The average molecular weight is 504 g/mol. The van der Waals surface area contributed by atoms with Gasteiger partial charge in [0.05, 0.1) is 10.9 Å². The number of aliphatic carboxylic acids is 1. The van der Waals surface area contributed by atoms with Crippen molar-refractivity contribution in [1.29, 1.82) is 0 Å². The first kappa shape index (κ1) is 23.7. The van der Waals surface area contributed by atoms with Gasteiger partial charge in [-0.15, -0.1) is 23.1 Å². The molecule has 0 bridgehead atoms. The molecule has 11 nitrogen and oxygen atoms in total. The number of carbonyl (C=O) groups is 3. The molecular formula is C21H23N6O5S2+. The molecule has 0 aliphatic carbocycles. The van der Waals surface area contributed by atoms with E-state index in [1.165, 1.54) is 23.8 Å². The molecule has 2 aromatic rings. The lowest BCUT2D eigenvalue weighted by molar-refractivity contribution is -0.694. The van der Waals surface area contributed by atoms with Gasteiger partial charge in [0.25, 0.3) is 11.8 Å². The van der Waals surface area contributed by atoms with Gasteiger partial charge in [-0.2, -0.15) is 4.57 Å². The summed E-state index contributed by atoms with van der Waals surface area (Å²) in [6.07, 6.45) is 1.88. The lowest BCUT2D eigenvalue weighted by Crippen LogP contribution is -2.73. The third kappa shape index (κ3) is 4.23. The standard InChI is InChI=1S/C21H22N6O5S2/c1-10-5-4-6-26(11(10)2)7-14-17(20(30)31)27-13(9-33-14)16(19(27)29)24-18(28)15(25-32-3)12-8-34-21(22)23-12/h4-6,8,13,16H,7,9H2,1-3H3,(H3-,22,23,24,28,30,31)/p+1. The van der Waals surface area contributed by atoms with Crippen molar-refractivity contribution >= 4 is 51.7 Å². The zero-order chi connectivity index (χ0) is 24.6. The number of thiazole rings is 1. The Kier molecular flexibility index (Phi) is 6.57. The number of nitrogen functional groups attached to an aromatic ring is 1. The van der Waals surface area contributed by atoms with Crippen LogP contribution in [0.2, 0.25) is 0 Å². The van der Waals surface area contributed by atoms with Gasteiger partial charge in [-0.25, -0.2) is 9.78 Å². The Labute approximate surface area is 203 Å². The molecule has 4 rings (SSSR count). The Morgan fingerprint density at radius 2 is 2.21 bits per heavy atom. The van der Waals surface area contributed by atoms with Gasteiger partial charge in [0.2, 0.25) is 0 Å². The number of carboxylic acids is 1. The Hall–Kier alpha value is -3.45. The monoisotopic (exact) mass is 503 g/mol. The van der Waals surface area contributed by atoms with Crippen LogP contribution in [0.1, 0.15) is 17.0 Å². The van der Waals surface area contributed by atoms with Gasteiger partial charge in [0, 0.05) is 29.7 Å². The zero-order valence-electron chi connectivity index (χ0n) is 18.6. The molecule has 2 aromatic heterocycles. The van der Waals surface area contributed by atoms with Crippen molar-refractivity contribution in [3.8, 4) is 0 Å². The van der Waals surface area contributed by atoms with Crippen molar-refractivity contribution in [1.82, 2.24) is 15.2 Å². The summed E-state index contributed by atoms with van der Waals surface area (Å²) >= 11 is 2.51. The number of oxime groups is 1. The number of nitrogens with one attached hydrogen (secondary N) is 1. The number of amides is 2. The minimum Gasteiger partial charge on any atom is -0.477 e. The Morgan fingerprint density at radius 1 is 1.44 bits per heavy atom. The smallest absolute Gasteiger partial charge is 0.353 e. The third-order valence-electron chi connectivity index (χ3n) is 5.73. The quantitative estimate of drug-likeness (QED) is 0.213. The van der Waals surface area contributed by atoms with Gasteiger partial charge in [0.1, 0.15) is 24.5 Å². The summed E-state index contributed by atoms with van der Waals surface area (Å²) in [5.41, 5.74) is 7.79. The van der Waals surface area contributed by atoms with Gasteiger partial charge in [-0.05, 0) is 13.0 Å². The third-order valence-corrected chi connectivity index (χ3v) is 7.59. The summed E-state index contributed by atoms with van der Waals surface area (Å²) in [4.78, 5) is 48.6. The molecule has 0 aromatic carbocycles. The molecule has 0 radical (unpaired) electrons. The summed E-state index contributed by atoms with van der Waals surface area (Å²) in [7, 11) is 1.29. The number of aromatic nitrogens is 2. The van der Waals surface area contributed by atoms with E-state index < -0.39 is 29.9 Å². The van der Waals surface area contributed by atoms with Crippen LogP contribution in [-0.2, 0) is 25.8 Å². The summed E-state index contributed by atoms with van der Waals surface area (Å²) in [5, 5.41) is 18.1. The second-order valence-corrected chi connectivity index (χ2v) is 9.72. The molecule has 0 saturated carbocycles. The van der Waals surface area contributed by atoms with E-state index in [0.717, 1.165) is 22.6 Å². The molecule has 2 aliphatic rings. The number of hydrogen-bond donors (Lipinski definition) is 3. The predicted octanol–water partition coefficient (Wildman–Crippen LogP) is 0.419. The minimum atomic E-state index is -1.18. The molecular weight excluding hydrogens is 480 g/mol. The number of pyridine rings is 1. The SMILES string of the molecule is CON=C(C(=O)NC1C(=O)N2C(C(=O)O)=C(C[n+]3cccc(C)c3C)SCC12)c1csc(N)n1. The first-order valence-electron chi connectivity index (χ1n) is 10.2. The number of carboxylic acid groups (broad SMARTS) is 1. The molecule has 4 N–H and O–H groups in total. The summed E-state index contributed by atoms with van der Waals surface area (Å²) in [5.74, 6) is -1.90.